The first-order valence-corrected chi connectivity index (χ1v) is 9.35. The molecule has 2 aromatic rings. The maximum atomic E-state index is 12.6. The molecule has 6 nitrogen and oxygen atoms in total. The van der Waals surface area contributed by atoms with Crippen molar-refractivity contribution >= 4 is 11.7 Å². The predicted octanol–water partition coefficient (Wildman–Crippen LogP) is 3.15. The number of hydrogen-bond donors (Lipinski definition) is 1. The van der Waals surface area contributed by atoms with E-state index in [-0.39, 0.29) is 18.1 Å². The molecule has 6 heteroatoms. The third kappa shape index (κ3) is 4.71. The zero-order chi connectivity index (χ0) is 18.5. The average Bonchev–Trinajstić information content (AvgIpc) is 3.01. The fourth-order valence-corrected chi connectivity index (χ4v) is 3.50. The van der Waals surface area contributed by atoms with E-state index < -0.39 is 0 Å². The number of nitrogens with zero attached hydrogens (tertiary/aromatic N) is 3. The van der Waals surface area contributed by atoms with Crippen LogP contribution in [0.1, 0.15) is 43.1 Å². The zero-order valence-electron chi connectivity index (χ0n) is 15.8. The van der Waals surface area contributed by atoms with Gasteiger partial charge in [-0.3, -0.25) is 9.69 Å². The van der Waals surface area contributed by atoms with Crippen LogP contribution < -0.4 is 5.32 Å². The summed E-state index contributed by atoms with van der Waals surface area (Å²) in [6.45, 7) is 9.74. The molecule has 1 aromatic heterocycles. The van der Waals surface area contributed by atoms with Gasteiger partial charge in [-0.2, -0.15) is 5.10 Å². The van der Waals surface area contributed by atoms with Crippen LogP contribution in [0, 0.1) is 0 Å². The highest BCUT2D eigenvalue weighted by Gasteiger charge is 2.22. The van der Waals surface area contributed by atoms with Gasteiger partial charge in [-0.25, -0.2) is 4.68 Å². The van der Waals surface area contributed by atoms with Crippen molar-refractivity contribution in [1.29, 1.82) is 0 Å². The van der Waals surface area contributed by atoms with Crippen LogP contribution in [-0.2, 0) is 17.8 Å². The first-order valence-electron chi connectivity index (χ1n) is 9.35. The minimum absolute atomic E-state index is 0.103. The number of morpholine rings is 1. The molecule has 1 saturated heterocycles. The maximum Gasteiger partial charge on any atom is 0.256 e. The topological polar surface area (TPSA) is 59.4 Å². The quantitative estimate of drug-likeness (QED) is 0.864. The summed E-state index contributed by atoms with van der Waals surface area (Å²) in [4.78, 5) is 15.0. The molecule has 140 valence electrons. The number of nitrogens with one attached hydrogen (secondary N) is 1. The van der Waals surface area contributed by atoms with Gasteiger partial charge in [0.05, 0.1) is 18.4 Å². The first kappa shape index (κ1) is 18.6. The van der Waals surface area contributed by atoms with Gasteiger partial charge in [-0.05, 0) is 38.0 Å². The molecule has 0 bridgehead atoms. The molecular weight excluding hydrogens is 328 g/mol. The van der Waals surface area contributed by atoms with Crippen molar-refractivity contribution in [3.05, 3.63) is 47.7 Å². The zero-order valence-corrected chi connectivity index (χ0v) is 15.8. The lowest BCUT2D eigenvalue weighted by molar-refractivity contribution is -0.0704. The Morgan fingerprint density at radius 2 is 2.04 bits per heavy atom. The van der Waals surface area contributed by atoms with Crippen LogP contribution in [0.25, 0.3) is 0 Å². The number of carbonyl (C=O) groups is 1. The van der Waals surface area contributed by atoms with Gasteiger partial charge in [0, 0.05) is 37.8 Å². The summed E-state index contributed by atoms with van der Waals surface area (Å²) in [7, 11) is 0. The molecule has 1 aromatic carbocycles. The van der Waals surface area contributed by atoms with Crippen molar-refractivity contribution < 1.29 is 9.53 Å². The molecule has 3 rings (SSSR count). The SMILES string of the molecule is CCCn1nccc1NC(=O)c1cccc(CN2C[C@@H](C)O[C@@H](C)C2)c1. The van der Waals surface area contributed by atoms with E-state index in [1.165, 1.54) is 0 Å². The Kier molecular flexibility index (Phi) is 6.06. The Balaban J connectivity index is 1.66. The summed E-state index contributed by atoms with van der Waals surface area (Å²) < 4.78 is 7.61. The molecule has 1 aliphatic rings. The van der Waals surface area contributed by atoms with E-state index in [1.54, 1.807) is 6.20 Å². The molecule has 0 radical (unpaired) electrons. The highest BCUT2D eigenvalue weighted by molar-refractivity contribution is 6.03. The van der Waals surface area contributed by atoms with Crippen molar-refractivity contribution in [2.45, 2.75) is 52.5 Å². The summed E-state index contributed by atoms with van der Waals surface area (Å²) in [5, 5.41) is 7.21. The van der Waals surface area contributed by atoms with E-state index >= 15 is 0 Å². The fourth-order valence-electron chi connectivity index (χ4n) is 3.50. The molecule has 0 spiro atoms. The molecule has 0 saturated carbocycles. The number of hydrogen-bond acceptors (Lipinski definition) is 4. The summed E-state index contributed by atoms with van der Waals surface area (Å²) in [5.41, 5.74) is 1.81. The summed E-state index contributed by atoms with van der Waals surface area (Å²) in [6, 6.07) is 9.67. The molecule has 1 amide bonds. The van der Waals surface area contributed by atoms with E-state index in [4.69, 9.17) is 4.74 Å². The Morgan fingerprint density at radius 1 is 1.27 bits per heavy atom. The molecule has 1 N–H and O–H groups in total. The van der Waals surface area contributed by atoms with Crippen molar-refractivity contribution in [1.82, 2.24) is 14.7 Å². The molecule has 26 heavy (non-hydrogen) atoms. The average molecular weight is 356 g/mol. The Bertz CT molecular complexity index is 733. The van der Waals surface area contributed by atoms with Gasteiger partial charge in [-0.1, -0.05) is 19.1 Å². The number of carbonyl (C=O) groups excluding carboxylic acids is 1. The Morgan fingerprint density at radius 3 is 2.77 bits per heavy atom. The van der Waals surface area contributed by atoms with Crippen LogP contribution in [0.3, 0.4) is 0 Å². The predicted molar refractivity (Wildman–Crippen MR) is 102 cm³/mol. The summed E-state index contributed by atoms with van der Waals surface area (Å²) in [6.07, 6.45) is 3.16. The third-order valence-corrected chi connectivity index (χ3v) is 4.48. The minimum atomic E-state index is -0.103. The van der Waals surface area contributed by atoms with Gasteiger partial charge in [0.1, 0.15) is 5.82 Å². The van der Waals surface area contributed by atoms with E-state index in [9.17, 15) is 4.79 Å². The van der Waals surface area contributed by atoms with E-state index in [0.717, 1.165) is 44.0 Å². The Labute approximate surface area is 155 Å². The largest absolute Gasteiger partial charge is 0.373 e. The Hall–Kier alpha value is -2.18. The standard InChI is InChI=1S/C20H28N4O2/c1-4-10-24-19(8-9-21-24)22-20(25)18-7-5-6-17(11-18)14-23-12-15(2)26-16(3)13-23/h5-9,11,15-16H,4,10,12-14H2,1-3H3,(H,22,25)/t15-,16+. The molecular formula is C20H28N4O2. The number of anilines is 1. The second-order valence-corrected chi connectivity index (χ2v) is 7.05. The van der Waals surface area contributed by atoms with Gasteiger partial charge in [0.15, 0.2) is 0 Å². The van der Waals surface area contributed by atoms with E-state index in [1.807, 2.05) is 28.9 Å². The van der Waals surface area contributed by atoms with Crippen LogP contribution in [0.15, 0.2) is 36.5 Å². The molecule has 1 aliphatic heterocycles. The lowest BCUT2D eigenvalue weighted by Gasteiger charge is -2.35. The molecule has 1 fully saturated rings. The lowest BCUT2D eigenvalue weighted by Crippen LogP contribution is -2.44. The lowest BCUT2D eigenvalue weighted by atomic mass is 10.1. The molecule has 0 unspecified atom stereocenters. The summed E-state index contributed by atoms with van der Waals surface area (Å²) in [5.74, 6) is 0.631. The molecule has 2 heterocycles. The third-order valence-electron chi connectivity index (χ3n) is 4.48. The number of benzene rings is 1. The van der Waals surface area contributed by atoms with Crippen LogP contribution in [0.5, 0.6) is 0 Å². The van der Waals surface area contributed by atoms with Crippen molar-refractivity contribution in [3.8, 4) is 0 Å². The van der Waals surface area contributed by atoms with Crippen LogP contribution >= 0.6 is 0 Å². The van der Waals surface area contributed by atoms with Crippen molar-refractivity contribution in [3.63, 3.8) is 0 Å². The maximum absolute atomic E-state index is 12.6. The van der Waals surface area contributed by atoms with Gasteiger partial charge >= 0.3 is 0 Å². The monoisotopic (exact) mass is 356 g/mol. The van der Waals surface area contributed by atoms with Crippen molar-refractivity contribution in [2.75, 3.05) is 18.4 Å². The van der Waals surface area contributed by atoms with Crippen LogP contribution in [-0.4, -0.2) is 45.9 Å². The van der Waals surface area contributed by atoms with E-state index in [0.29, 0.717) is 5.56 Å². The highest BCUT2D eigenvalue weighted by atomic mass is 16.5. The van der Waals surface area contributed by atoms with Crippen LogP contribution in [0.4, 0.5) is 5.82 Å². The first-order chi connectivity index (χ1) is 12.5. The van der Waals surface area contributed by atoms with Gasteiger partial charge in [0.25, 0.3) is 5.91 Å². The molecule has 0 aliphatic carbocycles. The smallest absolute Gasteiger partial charge is 0.256 e. The number of aromatic nitrogens is 2. The second kappa shape index (κ2) is 8.47. The second-order valence-electron chi connectivity index (χ2n) is 7.05. The van der Waals surface area contributed by atoms with Gasteiger partial charge < -0.3 is 10.1 Å². The number of ether oxygens (including phenoxy) is 1. The van der Waals surface area contributed by atoms with Gasteiger partial charge in [-0.15, -0.1) is 0 Å². The number of aryl methyl sites for hydroxylation is 1. The van der Waals surface area contributed by atoms with Crippen LogP contribution in [0.2, 0.25) is 0 Å². The highest BCUT2D eigenvalue weighted by Crippen LogP contribution is 2.16. The summed E-state index contributed by atoms with van der Waals surface area (Å²) >= 11 is 0. The number of rotatable bonds is 6. The van der Waals surface area contributed by atoms with E-state index in [2.05, 4.69) is 42.2 Å². The van der Waals surface area contributed by atoms with Crippen molar-refractivity contribution in [2.24, 2.45) is 0 Å². The fraction of sp³-hybridized carbons (Fsp3) is 0.500. The normalized spacial score (nSPS) is 20.9. The number of amides is 1. The minimum Gasteiger partial charge on any atom is -0.373 e. The van der Waals surface area contributed by atoms with Gasteiger partial charge in [0.2, 0.25) is 0 Å². The molecule has 2 atom stereocenters.